The van der Waals surface area contributed by atoms with E-state index in [0.29, 0.717) is 12.4 Å². The Kier molecular flexibility index (Phi) is 5.22. The maximum atomic E-state index is 5.89. The van der Waals surface area contributed by atoms with E-state index in [9.17, 15) is 0 Å². The quantitative estimate of drug-likeness (QED) is 0.848. The number of hydrogen-bond donors (Lipinski definition) is 1. The molecule has 0 bridgehead atoms. The van der Waals surface area contributed by atoms with Crippen molar-refractivity contribution in [1.29, 1.82) is 0 Å². The van der Waals surface area contributed by atoms with Crippen LogP contribution in [0.4, 0.5) is 0 Å². The average molecular weight is 290 g/mol. The Morgan fingerprint density at radius 1 is 1.33 bits per heavy atom. The van der Waals surface area contributed by atoms with Crippen LogP contribution in [0.3, 0.4) is 0 Å². The van der Waals surface area contributed by atoms with E-state index in [2.05, 4.69) is 24.3 Å². The highest BCUT2D eigenvalue weighted by Gasteiger charge is 2.13. The maximum Gasteiger partial charge on any atom is 0.174 e. The Morgan fingerprint density at radius 2 is 2.14 bits per heavy atom. The minimum absolute atomic E-state index is 0.201. The van der Waals surface area contributed by atoms with Gasteiger partial charge in [-0.15, -0.1) is 0 Å². The summed E-state index contributed by atoms with van der Waals surface area (Å²) in [6, 6.07) is 7.93. The lowest BCUT2D eigenvalue weighted by atomic mass is 10.1. The standard InChI is InChI=1S/C16H22N2O3/c1-5-17-12(3)15-7-6-13(19-4)9-16(15)20-10-14-8-11(2)18-21-14/h6-9,12,17H,5,10H2,1-4H3. The summed E-state index contributed by atoms with van der Waals surface area (Å²) in [6.45, 7) is 7.32. The minimum atomic E-state index is 0.201. The Labute approximate surface area is 125 Å². The molecule has 5 heteroatoms. The highest BCUT2D eigenvalue weighted by molar-refractivity contribution is 5.42. The van der Waals surface area contributed by atoms with Gasteiger partial charge in [0.2, 0.25) is 0 Å². The SMILES string of the molecule is CCNC(C)c1ccc(OC)cc1OCc1cc(C)no1. The van der Waals surface area contributed by atoms with Crippen LogP contribution < -0.4 is 14.8 Å². The first-order valence-electron chi connectivity index (χ1n) is 7.10. The number of nitrogens with one attached hydrogen (secondary N) is 1. The molecule has 1 unspecified atom stereocenters. The predicted octanol–water partition coefficient (Wildman–Crippen LogP) is 3.24. The van der Waals surface area contributed by atoms with E-state index in [-0.39, 0.29) is 6.04 Å². The predicted molar refractivity (Wildman–Crippen MR) is 80.7 cm³/mol. The summed E-state index contributed by atoms with van der Waals surface area (Å²) in [5, 5.41) is 7.24. The largest absolute Gasteiger partial charge is 0.497 e. The summed E-state index contributed by atoms with van der Waals surface area (Å²) in [6.07, 6.45) is 0. The van der Waals surface area contributed by atoms with Crippen LogP contribution in [0.25, 0.3) is 0 Å². The van der Waals surface area contributed by atoms with Gasteiger partial charge in [0.25, 0.3) is 0 Å². The van der Waals surface area contributed by atoms with Crippen molar-refractivity contribution in [2.45, 2.75) is 33.4 Å². The van der Waals surface area contributed by atoms with Crippen molar-refractivity contribution < 1.29 is 14.0 Å². The summed E-state index contributed by atoms with van der Waals surface area (Å²) in [7, 11) is 1.65. The van der Waals surface area contributed by atoms with Gasteiger partial charge >= 0.3 is 0 Å². The lowest BCUT2D eigenvalue weighted by molar-refractivity contribution is 0.244. The van der Waals surface area contributed by atoms with Crippen LogP contribution >= 0.6 is 0 Å². The highest BCUT2D eigenvalue weighted by atomic mass is 16.5. The normalized spacial score (nSPS) is 12.2. The van der Waals surface area contributed by atoms with Crippen LogP contribution in [0.1, 0.15) is 36.9 Å². The van der Waals surface area contributed by atoms with Crippen LogP contribution in [-0.2, 0) is 6.61 Å². The number of aromatic nitrogens is 1. The Hall–Kier alpha value is -2.01. The number of rotatable bonds is 7. The van der Waals surface area contributed by atoms with E-state index in [1.807, 2.05) is 31.2 Å². The maximum absolute atomic E-state index is 5.89. The van der Waals surface area contributed by atoms with Crippen LogP contribution in [0.15, 0.2) is 28.8 Å². The van der Waals surface area contributed by atoms with Gasteiger partial charge in [0.1, 0.15) is 18.1 Å². The first-order valence-corrected chi connectivity index (χ1v) is 7.10. The average Bonchev–Trinajstić information content (AvgIpc) is 2.90. The molecular weight excluding hydrogens is 268 g/mol. The van der Waals surface area contributed by atoms with Crippen molar-refractivity contribution in [3.8, 4) is 11.5 Å². The van der Waals surface area contributed by atoms with Gasteiger partial charge in [0, 0.05) is 23.7 Å². The van der Waals surface area contributed by atoms with Crippen molar-refractivity contribution in [1.82, 2.24) is 10.5 Å². The van der Waals surface area contributed by atoms with Gasteiger partial charge < -0.3 is 19.3 Å². The first-order chi connectivity index (χ1) is 10.1. The summed E-state index contributed by atoms with van der Waals surface area (Å²) in [5.74, 6) is 2.26. The Balaban J connectivity index is 2.17. The summed E-state index contributed by atoms with van der Waals surface area (Å²) in [5.41, 5.74) is 1.94. The van der Waals surface area contributed by atoms with Gasteiger partial charge in [-0.1, -0.05) is 18.1 Å². The molecular formula is C16H22N2O3. The molecule has 5 nitrogen and oxygen atoms in total. The molecule has 1 N–H and O–H groups in total. The monoisotopic (exact) mass is 290 g/mol. The minimum Gasteiger partial charge on any atom is -0.497 e. The van der Waals surface area contributed by atoms with E-state index in [0.717, 1.165) is 29.3 Å². The third kappa shape index (κ3) is 3.98. The fraction of sp³-hybridized carbons (Fsp3) is 0.438. The lowest BCUT2D eigenvalue weighted by Gasteiger charge is -2.18. The van der Waals surface area contributed by atoms with Crippen LogP contribution in [0, 0.1) is 6.92 Å². The number of methoxy groups -OCH3 is 1. The van der Waals surface area contributed by atoms with Gasteiger partial charge in [-0.3, -0.25) is 0 Å². The molecule has 0 spiro atoms. The van der Waals surface area contributed by atoms with Gasteiger partial charge in [0.15, 0.2) is 5.76 Å². The molecule has 2 aromatic rings. The molecule has 0 aliphatic rings. The molecule has 1 aromatic carbocycles. The number of aryl methyl sites for hydroxylation is 1. The van der Waals surface area contributed by atoms with Crippen molar-refractivity contribution in [3.63, 3.8) is 0 Å². The molecule has 1 atom stereocenters. The van der Waals surface area contributed by atoms with Gasteiger partial charge in [-0.05, 0) is 26.5 Å². The molecule has 0 fully saturated rings. The zero-order valence-electron chi connectivity index (χ0n) is 13.0. The molecule has 0 aliphatic heterocycles. The summed E-state index contributed by atoms with van der Waals surface area (Å²) < 4.78 is 16.3. The highest BCUT2D eigenvalue weighted by Crippen LogP contribution is 2.30. The van der Waals surface area contributed by atoms with Gasteiger partial charge in [0.05, 0.1) is 12.8 Å². The third-order valence-electron chi connectivity index (χ3n) is 3.24. The van der Waals surface area contributed by atoms with Crippen LogP contribution in [-0.4, -0.2) is 18.8 Å². The van der Waals surface area contributed by atoms with Gasteiger partial charge in [-0.2, -0.15) is 0 Å². The fourth-order valence-corrected chi connectivity index (χ4v) is 2.17. The second-order valence-electron chi connectivity index (χ2n) is 4.91. The van der Waals surface area contributed by atoms with E-state index in [1.54, 1.807) is 7.11 Å². The number of nitrogens with zero attached hydrogens (tertiary/aromatic N) is 1. The molecule has 0 radical (unpaired) electrons. The molecule has 21 heavy (non-hydrogen) atoms. The molecule has 0 aliphatic carbocycles. The number of benzene rings is 1. The number of hydrogen-bond acceptors (Lipinski definition) is 5. The van der Waals surface area contributed by atoms with Crippen molar-refractivity contribution in [2.24, 2.45) is 0 Å². The molecule has 0 saturated carbocycles. The topological polar surface area (TPSA) is 56.5 Å². The van der Waals surface area contributed by atoms with Crippen molar-refractivity contribution in [3.05, 3.63) is 41.3 Å². The smallest absolute Gasteiger partial charge is 0.174 e. The lowest BCUT2D eigenvalue weighted by Crippen LogP contribution is -2.18. The molecule has 114 valence electrons. The molecule has 2 rings (SSSR count). The zero-order chi connectivity index (χ0) is 15.2. The molecule has 1 heterocycles. The molecule has 0 amide bonds. The fourth-order valence-electron chi connectivity index (χ4n) is 2.17. The van der Waals surface area contributed by atoms with Gasteiger partial charge in [-0.25, -0.2) is 0 Å². The molecule has 1 aromatic heterocycles. The Bertz CT molecular complexity index is 581. The van der Waals surface area contributed by atoms with E-state index < -0.39 is 0 Å². The van der Waals surface area contributed by atoms with Crippen LogP contribution in [0.5, 0.6) is 11.5 Å². The second kappa shape index (κ2) is 7.13. The van der Waals surface area contributed by atoms with E-state index in [4.69, 9.17) is 14.0 Å². The van der Waals surface area contributed by atoms with Crippen molar-refractivity contribution in [2.75, 3.05) is 13.7 Å². The number of ether oxygens (including phenoxy) is 2. The van der Waals surface area contributed by atoms with Crippen molar-refractivity contribution >= 4 is 0 Å². The zero-order valence-corrected chi connectivity index (χ0v) is 13.0. The third-order valence-corrected chi connectivity index (χ3v) is 3.24. The first kappa shape index (κ1) is 15.4. The second-order valence-corrected chi connectivity index (χ2v) is 4.91. The molecule has 0 saturated heterocycles. The summed E-state index contributed by atoms with van der Waals surface area (Å²) >= 11 is 0. The van der Waals surface area contributed by atoms with E-state index >= 15 is 0 Å². The Morgan fingerprint density at radius 3 is 2.76 bits per heavy atom. The summed E-state index contributed by atoms with van der Waals surface area (Å²) in [4.78, 5) is 0. The van der Waals surface area contributed by atoms with Crippen LogP contribution in [0.2, 0.25) is 0 Å². The van der Waals surface area contributed by atoms with E-state index in [1.165, 1.54) is 0 Å².